The van der Waals surface area contributed by atoms with Crippen LogP contribution < -0.4 is 5.56 Å². The van der Waals surface area contributed by atoms with E-state index in [1.165, 1.54) is 6.20 Å². The zero-order valence-corrected chi connectivity index (χ0v) is 13.5. The molecule has 9 heteroatoms. The number of aromatic amines is 1. The highest BCUT2D eigenvalue weighted by molar-refractivity contribution is 7.91. The van der Waals surface area contributed by atoms with Crippen molar-refractivity contribution < 1.29 is 13.2 Å². The first kappa shape index (κ1) is 16.6. The Balaban J connectivity index is 2.21. The number of nitrogens with zero attached hydrogens (tertiary/aromatic N) is 3. The van der Waals surface area contributed by atoms with Gasteiger partial charge in [0.25, 0.3) is 11.5 Å². The van der Waals surface area contributed by atoms with Gasteiger partial charge in [-0.15, -0.1) is 0 Å². The number of amides is 1. The molecule has 1 aromatic heterocycles. The number of carbonyl (C=O) groups excluding carboxylic acids is 1. The maximum atomic E-state index is 12.6. The lowest BCUT2D eigenvalue weighted by atomic mass is 10.2. The van der Waals surface area contributed by atoms with E-state index in [0.717, 1.165) is 6.20 Å². The summed E-state index contributed by atoms with van der Waals surface area (Å²) in [5.41, 5.74) is -0.275. The molecule has 1 atom stereocenters. The van der Waals surface area contributed by atoms with Crippen LogP contribution in [0.2, 0.25) is 0 Å². The van der Waals surface area contributed by atoms with Crippen LogP contribution in [0.1, 0.15) is 16.9 Å². The van der Waals surface area contributed by atoms with Gasteiger partial charge in [-0.05, 0) is 20.5 Å². The Labute approximate surface area is 129 Å². The third kappa shape index (κ3) is 4.14. The molecule has 0 saturated carbocycles. The Morgan fingerprint density at radius 2 is 2.14 bits per heavy atom. The number of likely N-dealkylation sites (N-methyl/N-ethyl adjacent to an activating group) is 1. The summed E-state index contributed by atoms with van der Waals surface area (Å²) in [4.78, 5) is 33.4. The average molecular weight is 328 g/mol. The largest absolute Gasteiger partial charge is 0.332 e. The smallest absolute Gasteiger partial charge is 0.274 e. The first-order valence-corrected chi connectivity index (χ1v) is 8.81. The van der Waals surface area contributed by atoms with Crippen molar-refractivity contribution in [2.45, 2.75) is 12.5 Å². The van der Waals surface area contributed by atoms with E-state index in [9.17, 15) is 18.0 Å². The van der Waals surface area contributed by atoms with Gasteiger partial charge < -0.3 is 14.8 Å². The molecule has 0 aromatic carbocycles. The fraction of sp³-hybridized carbons (Fsp3) is 0.615. The lowest BCUT2D eigenvalue weighted by Gasteiger charge is -2.29. The highest BCUT2D eigenvalue weighted by atomic mass is 32.2. The number of sulfone groups is 1. The fourth-order valence-corrected chi connectivity index (χ4v) is 4.12. The molecule has 122 valence electrons. The van der Waals surface area contributed by atoms with Gasteiger partial charge in [0.2, 0.25) is 0 Å². The molecule has 0 radical (unpaired) electrons. The number of hydrogen-bond acceptors (Lipinski definition) is 6. The first-order chi connectivity index (χ1) is 10.3. The van der Waals surface area contributed by atoms with Gasteiger partial charge in [-0.1, -0.05) is 0 Å². The zero-order valence-electron chi connectivity index (χ0n) is 12.7. The van der Waals surface area contributed by atoms with Gasteiger partial charge >= 0.3 is 0 Å². The molecule has 1 saturated heterocycles. The van der Waals surface area contributed by atoms with Crippen molar-refractivity contribution >= 4 is 15.7 Å². The van der Waals surface area contributed by atoms with Crippen LogP contribution in [0.15, 0.2) is 17.2 Å². The van der Waals surface area contributed by atoms with E-state index in [0.29, 0.717) is 19.5 Å². The molecule has 1 fully saturated rings. The maximum Gasteiger partial charge on any atom is 0.274 e. The Morgan fingerprint density at radius 3 is 2.64 bits per heavy atom. The molecule has 1 amide bonds. The quantitative estimate of drug-likeness (QED) is 0.740. The highest BCUT2D eigenvalue weighted by Gasteiger charge is 2.35. The topological polar surface area (TPSA) is 103 Å². The van der Waals surface area contributed by atoms with Crippen LogP contribution in [0.25, 0.3) is 0 Å². The molecular formula is C13H20N4O4S. The van der Waals surface area contributed by atoms with Crippen LogP contribution in [-0.4, -0.2) is 78.8 Å². The summed E-state index contributed by atoms with van der Waals surface area (Å²) in [5.74, 6) is -0.280. The Bertz CT molecular complexity index is 678. The van der Waals surface area contributed by atoms with Crippen molar-refractivity contribution in [2.75, 3.05) is 38.7 Å². The lowest BCUT2D eigenvalue weighted by molar-refractivity contribution is 0.0677. The van der Waals surface area contributed by atoms with Gasteiger partial charge in [-0.3, -0.25) is 9.59 Å². The third-order valence-electron chi connectivity index (χ3n) is 3.59. The number of aromatic nitrogens is 2. The summed E-state index contributed by atoms with van der Waals surface area (Å²) < 4.78 is 23.4. The van der Waals surface area contributed by atoms with E-state index in [1.807, 2.05) is 19.0 Å². The summed E-state index contributed by atoms with van der Waals surface area (Å²) >= 11 is 0. The second-order valence-corrected chi connectivity index (χ2v) is 7.88. The summed E-state index contributed by atoms with van der Waals surface area (Å²) in [6, 6.07) is -0.342. The highest BCUT2D eigenvalue weighted by Crippen LogP contribution is 2.19. The predicted octanol–water partition coefficient (Wildman–Crippen LogP) is -1.04. The maximum absolute atomic E-state index is 12.6. The summed E-state index contributed by atoms with van der Waals surface area (Å²) in [6.45, 7) is 1.03. The molecule has 2 rings (SSSR count). The van der Waals surface area contributed by atoms with Gasteiger partial charge in [-0.25, -0.2) is 13.4 Å². The van der Waals surface area contributed by atoms with E-state index in [-0.39, 0.29) is 34.7 Å². The first-order valence-electron chi connectivity index (χ1n) is 6.99. The van der Waals surface area contributed by atoms with Gasteiger partial charge in [0.15, 0.2) is 9.84 Å². The van der Waals surface area contributed by atoms with Gasteiger partial charge in [0.05, 0.1) is 17.7 Å². The number of rotatable bonds is 5. The van der Waals surface area contributed by atoms with E-state index >= 15 is 0 Å². The van der Waals surface area contributed by atoms with Gasteiger partial charge in [0, 0.05) is 25.3 Å². The van der Waals surface area contributed by atoms with Crippen LogP contribution in [0.3, 0.4) is 0 Å². The molecule has 1 aliphatic rings. The van der Waals surface area contributed by atoms with Crippen LogP contribution in [0, 0.1) is 0 Å². The number of hydrogen-bond donors (Lipinski definition) is 1. The molecule has 1 N–H and O–H groups in total. The van der Waals surface area contributed by atoms with Crippen molar-refractivity contribution in [1.82, 2.24) is 19.8 Å². The molecule has 0 spiro atoms. The fourth-order valence-electron chi connectivity index (χ4n) is 2.39. The van der Waals surface area contributed by atoms with Gasteiger partial charge in [-0.2, -0.15) is 0 Å². The van der Waals surface area contributed by atoms with Crippen molar-refractivity contribution in [1.29, 1.82) is 0 Å². The lowest BCUT2D eigenvalue weighted by Crippen LogP contribution is -2.45. The van der Waals surface area contributed by atoms with Crippen molar-refractivity contribution in [2.24, 2.45) is 0 Å². The monoisotopic (exact) mass is 328 g/mol. The third-order valence-corrected chi connectivity index (χ3v) is 5.34. The number of H-pyrrole nitrogens is 1. The molecule has 22 heavy (non-hydrogen) atoms. The zero-order chi connectivity index (χ0) is 16.3. The van der Waals surface area contributed by atoms with E-state index in [1.54, 1.807) is 4.90 Å². The Kier molecular flexibility index (Phi) is 4.97. The second kappa shape index (κ2) is 6.57. The minimum absolute atomic E-state index is 0.0183. The molecule has 0 aliphatic carbocycles. The summed E-state index contributed by atoms with van der Waals surface area (Å²) in [5, 5.41) is 0. The standard InChI is InChI=1S/C13H20N4O4S/c1-16(2)4-5-17(10-3-6-22(20,21)9-10)13(19)11-7-15-12(18)8-14-11/h7-8,10H,3-6,9H2,1-2H3,(H,15,18). The number of carbonyl (C=O) groups is 1. The van der Waals surface area contributed by atoms with E-state index in [4.69, 9.17) is 0 Å². The Hall–Kier alpha value is -1.74. The Morgan fingerprint density at radius 1 is 1.41 bits per heavy atom. The molecule has 1 aliphatic heterocycles. The van der Waals surface area contributed by atoms with Crippen molar-refractivity contribution in [3.63, 3.8) is 0 Å². The normalized spacial score (nSPS) is 20.2. The minimum Gasteiger partial charge on any atom is -0.332 e. The molecule has 2 heterocycles. The van der Waals surface area contributed by atoms with Crippen LogP contribution >= 0.6 is 0 Å². The molecule has 0 bridgehead atoms. The van der Waals surface area contributed by atoms with Crippen molar-refractivity contribution in [3.05, 3.63) is 28.4 Å². The number of nitrogens with one attached hydrogen (secondary N) is 1. The van der Waals surface area contributed by atoms with Crippen LogP contribution in [0.5, 0.6) is 0 Å². The molecule has 1 aromatic rings. The second-order valence-electron chi connectivity index (χ2n) is 5.66. The molecular weight excluding hydrogens is 308 g/mol. The van der Waals surface area contributed by atoms with Gasteiger partial charge in [0.1, 0.15) is 5.69 Å². The van der Waals surface area contributed by atoms with E-state index in [2.05, 4.69) is 9.97 Å². The SMILES string of the molecule is CN(C)CCN(C(=O)c1c[nH]c(=O)cn1)C1CCS(=O)(=O)C1. The summed E-state index contributed by atoms with van der Waals surface area (Å²) in [7, 11) is 0.675. The average Bonchev–Trinajstić information content (AvgIpc) is 2.79. The summed E-state index contributed by atoms with van der Waals surface area (Å²) in [6.07, 6.45) is 2.74. The molecule has 1 unspecified atom stereocenters. The van der Waals surface area contributed by atoms with Crippen LogP contribution in [0.4, 0.5) is 0 Å². The van der Waals surface area contributed by atoms with Crippen molar-refractivity contribution in [3.8, 4) is 0 Å². The molecule has 8 nitrogen and oxygen atoms in total. The minimum atomic E-state index is -3.09. The van der Waals surface area contributed by atoms with E-state index < -0.39 is 9.84 Å². The predicted molar refractivity (Wildman–Crippen MR) is 81.5 cm³/mol. The van der Waals surface area contributed by atoms with Crippen LogP contribution in [-0.2, 0) is 9.84 Å².